The Morgan fingerprint density at radius 3 is 2.46 bits per heavy atom. The fraction of sp³-hybridized carbons (Fsp3) is 0.318. The van der Waals surface area contributed by atoms with Gasteiger partial charge in [-0.2, -0.15) is 0 Å². The molecule has 0 N–H and O–H groups in total. The maximum Gasteiger partial charge on any atom is 0.258 e. The first-order valence-corrected chi connectivity index (χ1v) is 8.88. The quantitative estimate of drug-likeness (QED) is 0.603. The van der Waals surface area contributed by atoms with Crippen molar-refractivity contribution in [1.82, 2.24) is 0 Å². The third kappa shape index (κ3) is 4.45. The molecule has 0 aliphatic heterocycles. The van der Waals surface area contributed by atoms with Gasteiger partial charge in [-0.25, -0.2) is 0 Å². The van der Waals surface area contributed by atoms with E-state index in [2.05, 4.69) is 13.5 Å². The number of hydrogen-bond acceptors (Lipinski definition) is 3. The van der Waals surface area contributed by atoms with Gasteiger partial charge in [0.05, 0.1) is 14.2 Å². The van der Waals surface area contributed by atoms with E-state index in [1.54, 1.807) is 26.4 Å². The predicted octanol–water partition coefficient (Wildman–Crippen LogP) is 4.88. The van der Waals surface area contributed by atoms with Gasteiger partial charge < -0.3 is 14.4 Å². The van der Waals surface area contributed by atoms with E-state index in [9.17, 15) is 4.79 Å². The van der Waals surface area contributed by atoms with Gasteiger partial charge in [-0.05, 0) is 37.1 Å². The van der Waals surface area contributed by atoms with Crippen LogP contribution in [0.4, 0.5) is 5.69 Å². The number of benzene rings is 2. The van der Waals surface area contributed by atoms with Crippen LogP contribution in [0.25, 0.3) is 0 Å². The van der Waals surface area contributed by atoms with Crippen LogP contribution < -0.4 is 14.4 Å². The fourth-order valence-corrected chi connectivity index (χ4v) is 2.90. The molecule has 138 valence electrons. The lowest BCUT2D eigenvalue weighted by Gasteiger charge is -2.24. The zero-order chi connectivity index (χ0) is 18.9. The minimum Gasteiger partial charge on any atom is -0.493 e. The Morgan fingerprint density at radius 1 is 1.15 bits per heavy atom. The number of amides is 1. The molecule has 2 aromatic carbocycles. The van der Waals surface area contributed by atoms with E-state index < -0.39 is 0 Å². The lowest BCUT2D eigenvalue weighted by Crippen LogP contribution is -2.32. The zero-order valence-corrected chi connectivity index (χ0v) is 15.8. The molecule has 0 fully saturated rings. The van der Waals surface area contributed by atoms with E-state index >= 15 is 0 Å². The number of para-hydroxylation sites is 1. The van der Waals surface area contributed by atoms with Gasteiger partial charge in [0.1, 0.15) is 0 Å². The molecule has 0 saturated carbocycles. The number of carbonyl (C=O) groups excluding carboxylic acids is 1. The highest BCUT2D eigenvalue weighted by Crippen LogP contribution is 2.34. The van der Waals surface area contributed by atoms with Gasteiger partial charge in [0.15, 0.2) is 11.5 Å². The molecule has 1 amide bonds. The van der Waals surface area contributed by atoms with Crippen molar-refractivity contribution in [2.24, 2.45) is 0 Å². The van der Waals surface area contributed by atoms with Crippen LogP contribution >= 0.6 is 0 Å². The number of hydrogen-bond donors (Lipinski definition) is 0. The number of rotatable bonds is 9. The fourth-order valence-electron chi connectivity index (χ4n) is 2.90. The van der Waals surface area contributed by atoms with E-state index in [4.69, 9.17) is 9.47 Å². The first-order chi connectivity index (χ1) is 12.7. The average Bonchev–Trinajstić information content (AvgIpc) is 2.68. The SMILES string of the molecule is C=CCc1cc(C(=O)N(CCCC)c2ccccc2)cc(OC)c1OC. The van der Waals surface area contributed by atoms with Gasteiger partial charge in [0.25, 0.3) is 5.91 Å². The number of methoxy groups -OCH3 is 2. The lowest BCUT2D eigenvalue weighted by atomic mass is 10.0. The third-order valence-corrected chi connectivity index (χ3v) is 4.22. The largest absolute Gasteiger partial charge is 0.493 e. The number of allylic oxidation sites excluding steroid dienone is 1. The molecule has 0 unspecified atom stereocenters. The number of anilines is 1. The summed E-state index contributed by atoms with van der Waals surface area (Å²) in [7, 11) is 3.18. The van der Waals surface area contributed by atoms with Crippen molar-refractivity contribution < 1.29 is 14.3 Å². The summed E-state index contributed by atoms with van der Waals surface area (Å²) in [5, 5.41) is 0. The van der Waals surface area contributed by atoms with Gasteiger partial charge in [-0.1, -0.05) is 37.6 Å². The Bertz CT molecular complexity index is 741. The van der Waals surface area contributed by atoms with Crippen LogP contribution in [-0.4, -0.2) is 26.7 Å². The molecular weight excluding hydrogens is 326 g/mol. The Morgan fingerprint density at radius 2 is 1.88 bits per heavy atom. The monoisotopic (exact) mass is 353 g/mol. The third-order valence-electron chi connectivity index (χ3n) is 4.22. The summed E-state index contributed by atoms with van der Waals surface area (Å²) in [5.41, 5.74) is 2.36. The lowest BCUT2D eigenvalue weighted by molar-refractivity contribution is 0.0986. The number of carbonyl (C=O) groups is 1. The standard InChI is InChI=1S/C22H27NO3/c1-5-7-14-23(19-12-9-8-10-13-19)22(24)18-15-17(11-6-2)21(26-4)20(16-18)25-3/h6,8-10,12-13,15-16H,2,5,7,11,14H2,1,3-4H3. The summed E-state index contributed by atoms with van der Waals surface area (Å²) in [6.45, 7) is 6.58. The van der Waals surface area contributed by atoms with Crippen molar-refractivity contribution in [1.29, 1.82) is 0 Å². The van der Waals surface area contributed by atoms with Crippen molar-refractivity contribution in [3.63, 3.8) is 0 Å². The van der Waals surface area contributed by atoms with Gasteiger partial charge in [0.2, 0.25) is 0 Å². The van der Waals surface area contributed by atoms with Crippen LogP contribution in [0.2, 0.25) is 0 Å². The second kappa shape index (κ2) is 9.66. The van der Waals surface area contributed by atoms with Crippen LogP contribution in [0.3, 0.4) is 0 Å². The van der Waals surface area contributed by atoms with E-state index in [1.807, 2.05) is 41.3 Å². The molecule has 0 aliphatic rings. The van der Waals surface area contributed by atoms with Gasteiger partial charge in [-0.15, -0.1) is 6.58 Å². The highest BCUT2D eigenvalue weighted by Gasteiger charge is 2.21. The van der Waals surface area contributed by atoms with Crippen LogP contribution in [0, 0.1) is 0 Å². The zero-order valence-electron chi connectivity index (χ0n) is 15.8. The molecule has 4 heteroatoms. The van der Waals surface area contributed by atoms with E-state index in [0.717, 1.165) is 24.1 Å². The molecule has 0 heterocycles. The first kappa shape index (κ1) is 19.6. The van der Waals surface area contributed by atoms with Crippen molar-refractivity contribution in [3.8, 4) is 11.5 Å². The smallest absolute Gasteiger partial charge is 0.258 e. The molecule has 0 bridgehead atoms. The van der Waals surface area contributed by atoms with Gasteiger partial charge in [0, 0.05) is 23.4 Å². The summed E-state index contributed by atoms with van der Waals surface area (Å²) in [6.07, 6.45) is 4.34. The molecule has 0 saturated heterocycles. The Kier molecular flexibility index (Phi) is 7.27. The number of unbranched alkanes of at least 4 members (excludes halogenated alkanes) is 1. The van der Waals surface area contributed by atoms with Crippen LogP contribution in [0.15, 0.2) is 55.1 Å². The summed E-state index contributed by atoms with van der Waals surface area (Å²) in [6, 6.07) is 13.4. The highest BCUT2D eigenvalue weighted by molar-refractivity contribution is 6.06. The van der Waals surface area contributed by atoms with Crippen molar-refractivity contribution in [3.05, 3.63) is 66.2 Å². The van der Waals surface area contributed by atoms with E-state index in [0.29, 0.717) is 30.0 Å². The van der Waals surface area contributed by atoms with E-state index in [-0.39, 0.29) is 5.91 Å². The van der Waals surface area contributed by atoms with Crippen LogP contribution in [0.1, 0.15) is 35.7 Å². The predicted molar refractivity (Wildman–Crippen MR) is 106 cm³/mol. The minimum atomic E-state index is -0.0454. The van der Waals surface area contributed by atoms with Crippen molar-refractivity contribution in [2.75, 3.05) is 25.7 Å². The van der Waals surface area contributed by atoms with E-state index in [1.165, 1.54) is 0 Å². The topological polar surface area (TPSA) is 38.8 Å². The summed E-state index contributed by atoms with van der Waals surface area (Å²) in [5.74, 6) is 1.15. The minimum absolute atomic E-state index is 0.0454. The van der Waals surface area contributed by atoms with Crippen molar-refractivity contribution >= 4 is 11.6 Å². The van der Waals surface area contributed by atoms with Crippen LogP contribution in [0.5, 0.6) is 11.5 Å². The molecule has 4 nitrogen and oxygen atoms in total. The highest BCUT2D eigenvalue weighted by atomic mass is 16.5. The molecule has 0 spiro atoms. The molecule has 0 radical (unpaired) electrons. The summed E-state index contributed by atoms with van der Waals surface area (Å²) in [4.78, 5) is 15.1. The molecule has 0 atom stereocenters. The maximum absolute atomic E-state index is 13.3. The Labute approximate surface area is 156 Å². The molecule has 2 rings (SSSR count). The Hall–Kier alpha value is -2.75. The molecule has 0 aliphatic carbocycles. The van der Waals surface area contributed by atoms with Gasteiger partial charge >= 0.3 is 0 Å². The second-order valence-electron chi connectivity index (χ2n) is 6.01. The maximum atomic E-state index is 13.3. The normalized spacial score (nSPS) is 10.3. The molecule has 26 heavy (non-hydrogen) atoms. The van der Waals surface area contributed by atoms with Crippen LogP contribution in [-0.2, 0) is 6.42 Å². The first-order valence-electron chi connectivity index (χ1n) is 8.88. The van der Waals surface area contributed by atoms with Crippen molar-refractivity contribution in [2.45, 2.75) is 26.2 Å². The molecular formula is C22H27NO3. The second-order valence-corrected chi connectivity index (χ2v) is 6.01. The number of ether oxygens (including phenoxy) is 2. The molecule has 0 aromatic heterocycles. The number of nitrogens with zero attached hydrogens (tertiary/aromatic N) is 1. The summed E-state index contributed by atoms with van der Waals surface area (Å²) < 4.78 is 10.9. The average molecular weight is 353 g/mol. The van der Waals surface area contributed by atoms with Gasteiger partial charge in [-0.3, -0.25) is 4.79 Å². The summed E-state index contributed by atoms with van der Waals surface area (Å²) >= 11 is 0. The molecule has 2 aromatic rings. The Balaban J connectivity index is 2.47.